The fourth-order valence-corrected chi connectivity index (χ4v) is 2.98. The Kier molecular flexibility index (Phi) is 4.88. The summed E-state index contributed by atoms with van der Waals surface area (Å²) < 4.78 is 14.1. The van der Waals surface area contributed by atoms with Crippen LogP contribution in [0.15, 0.2) is 24.5 Å². The monoisotopic (exact) mass is 355 g/mol. The molecule has 0 aliphatic carbocycles. The van der Waals surface area contributed by atoms with Crippen molar-refractivity contribution in [3.63, 3.8) is 0 Å². The van der Waals surface area contributed by atoms with Crippen molar-refractivity contribution < 1.29 is 9.18 Å². The summed E-state index contributed by atoms with van der Waals surface area (Å²) in [4.78, 5) is 25.2. The van der Waals surface area contributed by atoms with E-state index < -0.39 is 0 Å². The minimum Gasteiger partial charge on any atom is -0.365 e. The van der Waals surface area contributed by atoms with Gasteiger partial charge in [-0.05, 0) is 36.6 Å². The predicted octanol–water partition coefficient (Wildman–Crippen LogP) is 3.28. The Bertz CT molecular complexity index is 964. The van der Waals surface area contributed by atoms with E-state index >= 15 is 0 Å². The van der Waals surface area contributed by atoms with Crippen molar-refractivity contribution >= 4 is 22.6 Å². The van der Waals surface area contributed by atoms with Crippen LogP contribution in [0.2, 0.25) is 0 Å². The Hall–Kier alpha value is -2.96. The van der Waals surface area contributed by atoms with Gasteiger partial charge in [0.15, 0.2) is 0 Å². The molecule has 136 valence electrons. The van der Waals surface area contributed by atoms with Crippen molar-refractivity contribution in [3.05, 3.63) is 52.9 Å². The van der Waals surface area contributed by atoms with Crippen LogP contribution in [-0.2, 0) is 13.0 Å². The van der Waals surface area contributed by atoms with Crippen LogP contribution >= 0.6 is 0 Å². The maximum Gasteiger partial charge on any atom is 0.273 e. The highest BCUT2D eigenvalue weighted by atomic mass is 19.1. The Labute approximate surface area is 151 Å². The lowest BCUT2D eigenvalue weighted by Crippen LogP contribution is -2.23. The standard InChI is InChI=1S/C19H22FN5O/c1-5-15-11(2)14-7-13(20)6-12(18(14)24-15)8-22-17-10-21-9-16(23-17)19(26)25(3)4/h6-7,9-10,24H,5,8H2,1-4H3,(H,22,23). The number of benzene rings is 1. The molecule has 0 saturated heterocycles. The molecule has 0 atom stereocenters. The van der Waals surface area contributed by atoms with Crippen molar-refractivity contribution in [2.24, 2.45) is 0 Å². The molecule has 1 aromatic carbocycles. The van der Waals surface area contributed by atoms with Gasteiger partial charge in [0, 0.05) is 31.7 Å². The van der Waals surface area contributed by atoms with E-state index in [0.717, 1.165) is 34.1 Å². The summed E-state index contributed by atoms with van der Waals surface area (Å²) in [6.45, 7) is 4.43. The molecule has 7 heteroatoms. The zero-order chi connectivity index (χ0) is 18.8. The Morgan fingerprint density at radius 2 is 2.08 bits per heavy atom. The Morgan fingerprint density at radius 1 is 1.31 bits per heavy atom. The average molecular weight is 355 g/mol. The molecule has 0 fully saturated rings. The van der Waals surface area contributed by atoms with Crippen LogP contribution < -0.4 is 5.32 Å². The van der Waals surface area contributed by atoms with Crippen LogP contribution in [0.3, 0.4) is 0 Å². The van der Waals surface area contributed by atoms with E-state index in [9.17, 15) is 9.18 Å². The van der Waals surface area contributed by atoms with Crippen molar-refractivity contribution in [2.45, 2.75) is 26.8 Å². The number of hydrogen-bond donors (Lipinski definition) is 2. The summed E-state index contributed by atoms with van der Waals surface area (Å²) in [6.07, 6.45) is 3.82. The maximum atomic E-state index is 14.1. The molecular formula is C19H22FN5O. The van der Waals surface area contributed by atoms with Crippen molar-refractivity contribution in [1.82, 2.24) is 19.9 Å². The number of aromatic nitrogens is 3. The van der Waals surface area contributed by atoms with Gasteiger partial charge in [0.2, 0.25) is 0 Å². The summed E-state index contributed by atoms with van der Waals surface area (Å²) in [5.41, 5.74) is 4.15. The first-order valence-electron chi connectivity index (χ1n) is 8.47. The maximum absolute atomic E-state index is 14.1. The number of nitrogens with zero attached hydrogens (tertiary/aromatic N) is 3. The lowest BCUT2D eigenvalue weighted by atomic mass is 10.1. The van der Waals surface area contributed by atoms with Crippen LogP contribution in [-0.4, -0.2) is 39.9 Å². The largest absolute Gasteiger partial charge is 0.365 e. The molecule has 0 saturated carbocycles. The number of rotatable bonds is 5. The summed E-state index contributed by atoms with van der Waals surface area (Å²) in [6, 6.07) is 3.06. The molecule has 26 heavy (non-hydrogen) atoms. The van der Waals surface area contributed by atoms with E-state index in [4.69, 9.17) is 0 Å². The number of nitrogens with one attached hydrogen (secondary N) is 2. The third kappa shape index (κ3) is 3.37. The highest BCUT2D eigenvalue weighted by Gasteiger charge is 2.13. The number of carbonyl (C=O) groups excluding carboxylic acids is 1. The van der Waals surface area contributed by atoms with Crippen LogP contribution in [0.25, 0.3) is 10.9 Å². The quantitative estimate of drug-likeness (QED) is 0.737. The van der Waals surface area contributed by atoms with Gasteiger partial charge in [-0.2, -0.15) is 0 Å². The second-order valence-corrected chi connectivity index (χ2v) is 6.41. The number of hydrogen-bond acceptors (Lipinski definition) is 4. The first-order valence-corrected chi connectivity index (χ1v) is 8.47. The minimum absolute atomic E-state index is 0.220. The molecule has 0 aliphatic rings. The van der Waals surface area contributed by atoms with Gasteiger partial charge >= 0.3 is 0 Å². The van der Waals surface area contributed by atoms with Gasteiger partial charge in [-0.3, -0.25) is 9.78 Å². The zero-order valence-electron chi connectivity index (χ0n) is 15.4. The average Bonchev–Trinajstić information content (AvgIpc) is 2.95. The zero-order valence-corrected chi connectivity index (χ0v) is 15.4. The smallest absolute Gasteiger partial charge is 0.273 e. The van der Waals surface area contributed by atoms with Gasteiger partial charge in [-0.25, -0.2) is 9.37 Å². The Morgan fingerprint density at radius 3 is 2.77 bits per heavy atom. The molecule has 6 nitrogen and oxygen atoms in total. The van der Waals surface area contributed by atoms with Crippen molar-refractivity contribution in [3.8, 4) is 0 Å². The lowest BCUT2D eigenvalue weighted by molar-refractivity contribution is 0.0821. The van der Waals surface area contributed by atoms with Gasteiger partial charge in [0.05, 0.1) is 17.9 Å². The highest BCUT2D eigenvalue weighted by Crippen LogP contribution is 2.27. The molecule has 0 spiro atoms. The van der Waals surface area contributed by atoms with E-state index in [2.05, 4.69) is 27.2 Å². The van der Waals surface area contributed by atoms with E-state index in [-0.39, 0.29) is 17.4 Å². The molecule has 0 unspecified atom stereocenters. The number of anilines is 1. The topological polar surface area (TPSA) is 73.9 Å². The summed E-state index contributed by atoms with van der Waals surface area (Å²) >= 11 is 0. The first-order chi connectivity index (χ1) is 12.4. The molecule has 2 aromatic heterocycles. The van der Waals surface area contributed by atoms with Gasteiger partial charge in [-0.1, -0.05) is 6.92 Å². The third-order valence-corrected chi connectivity index (χ3v) is 4.39. The number of fused-ring (bicyclic) bond motifs is 1. The van der Waals surface area contributed by atoms with E-state index in [1.54, 1.807) is 26.4 Å². The number of carbonyl (C=O) groups is 1. The Balaban J connectivity index is 1.88. The van der Waals surface area contributed by atoms with Crippen LogP contribution in [0, 0.1) is 12.7 Å². The first kappa shape index (κ1) is 17.8. The van der Waals surface area contributed by atoms with Crippen LogP contribution in [0.1, 0.15) is 34.2 Å². The number of amides is 1. The second-order valence-electron chi connectivity index (χ2n) is 6.41. The fourth-order valence-electron chi connectivity index (χ4n) is 2.98. The fraction of sp³-hybridized carbons (Fsp3) is 0.316. The van der Waals surface area contributed by atoms with E-state index in [0.29, 0.717) is 12.4 Å². The number of halogens is 1. The summed E-state index contributed by atoms with van der Waals surface area (Å²) in [7, 11) is 3.32. The van der Waals surface area contributed by atoms with E-state index in [1.807, 2.05) is 6.92 Å². The van der Waals surface area contributed by atoms with Crippen LogP contribution in [0.5, 0.6) is 0 Å². The second kappa shape index (κ2) is 7.11. The number of aromatic amines is 1. The summed E-state index contributed by atoms with van der Waals surface area (Å²) in [5.74, 6) is -0.0299. The van der Waals surface area contributed by atoms with E-state index in [1.165, 1.54) is 17.2 Å². The highest BCUT2D eigenvalue weighted by molar-refractivity contribution is 5.92. The van der Waals surface area contributed by atoms with Gasteiger partial charge in [-0.15, -0.1) is 0 Å². The summed E-state index contributed by atoms with van der Waals surface area (Å²) in [5, 5.41) is 4.02. The molecule has 3 rings (SSSR count). The molecule has 0 aliphatic heterocycles. The lowest BCUT2D eigenvalue weighted by Gasteiger charge is -2.11. The molecule has 0 bridgehead atoms. The number of aryl methyl sites for hydroxylation is 2. The molecule has 0 radical (unpaired) electrons. The third-order valence-electron chi connectivity index (χ3n) is 4.39. The van der Waals surface area contributed by atoms with Crippen LogP contribution in [0.4, 0.5) is 10.2 Å². The normalized spacial score (nSPS) is 11.0. The molecular weight excluding hydrogens is 333 g/mol. The minimum atomic E-state index is -0.276. The van der Waals surface area contributed by atoms with Gasteiger partial charge in [0.1, 0.15) is 17.3 Å². The number of H-pyrrole nitrogens is 1. The van der Waals surface area contributed by atoms with Crippen molar-refractivity contribution in [1.29, 1.82) is 0 Å². The molecule has 3 aromatic rings. The molecule has 2 N–H and O–H groups in total. The van der Waals surface area contributed by atoms with Gasteiger partial charge in [0.25, 0.3) is 5.91 Å². The molecule has 2 heterocycles. The van der Waals surface area contributed by atoms with Gasteiger partial charge < -0.3 is 15.2 Å². The van der Waals surface area contributed by atoms with Crippen molar-refractivity contribution in [2.75, 3.05) is 19.4 Å². The predicted molar refractivity (Wildman–Crippen MR) is 99.7 cm³/mol. The SMILES string of the molecule is CCc1[nH]c2c(CNc3cncc(C(=O)N(C)C)n3)cc(F)cc2c1C. The molecule has 1 amide bonds.